The highest BCUT2D eigenvalue weighted by atomic mass is 32.2. The Balaban J connectivity index is 1.44. The summed E-state index contributed by atoms with van der Waals surface area (Å²) in [5, 5.41) is 8.94. The summed E-state index contributed by atoms with van der Waals surface area (Å²) in [5.74, 6) is -12.9. The smallest absolute Gasteiger partial charge is 0.277 e. The number of nitrogens with one attached hydrogen (secondary N) is 1. The first kappa shape index (κ1) is 26.0. The summed E-state index contributed by atoms with van der Waals surface area (Å²) in [6.45, 7) is 0.976. The van der Waals surface area contributed by atoms with Crippen LogP contribution in [0.25, 0.3) is 11.5 Å². The Morgan fingerprint density at radius 1 is 1.00 bits per heavy atom. The van der Waals surface area contributed by atoms with Gasteiger partial charge in [0.2, 0.25) is 27.6 Å². The molecule has 2 heterocycles. The fourth-order valence-corrected chi connectivity index (χ4v) is 5.15. The molecule has 0 saturated carbocycles. The number of morpholine rings is 1. The zero-order valence-electron chi connectivity index (χ0n) is 17.9. The predicted molar refractivity (Wildman–Crippen MR) is 115 cm³/mol. The quantitative estimate of drug-likeness (QED) is 0.207. The number of nitrogens with zero attached hydrogens (tertiary/aromatic N) is 3. The van der Waals surface area contributed by atoms with Crippen LogP contribution in [0.1, 0.15) is 0 Å². The number of sulfonamides is 1. The maximum atomic E-state index is 13.7. The van der Waals surface area contributed by atoms with Crippen LogP contribution in [-0.2, 0) is 19.6 Å². The van der Waals surface area contributed by atoms with Crippen molar-refractivity contribution in [1.29, 1.82) is 0 Å². The fraction of sp³-hybridized carbons (Fsp3) is 0.250. The third-order valence-electron chi connectivity index (χ3n) is 4.90. The number of anilines is 1. The van der Waals surface area contributed by atoms with Gasteiger partial charge in [-0.25, -0.2) is 30.4 Å². The lowest BCUT2D eigenvalue weighted by molar-refractivity contribution is -0.113. The predicted octanol–water partition coefficient (Wildman–Crippen LogP) is 3.18. The molecule has 2 aromatic carbocycles. The number of aromatic nitrogens is 2. The molecule has 1 aliphatic heterocycles. The Kier molecular flexibility index (Phi) is 7.58. The van der Waals surface area contributed by atoms with E-state index in [0.717, 1.165) is 0 Å². The molecule has 192 valence electrons. The summed E-state index contributed by atoms with van der Waals surface area (Å²) in [7, 11) is -3.79. The molecule has 36 heavy (non-hydrogen) atoms. The van der Waals surface area contributed by atoms with Crippen molar-refractivity contribution in [2.24, 2.45) is 0 Å². The number of ether oxygens (including phenoxy) is 1. The minimum Gasteiger partial charge on any atom is -0.411 e. The van der Waals surface area contributed by atoms with Gasteiger partial charge >= 0.3 is 0 Å². The van der Waals surface area contributed by atoms with Crippen molar-refractivity contribution in [2.75, 3.05) is 37.4 Å². The first-order chi connectivity index (χ1) is 17.1. The molecule has 4 rings (SSSR count). The Morgan fingerprint density at radius 2 is 1.64 bits per heavy atom. The standard InChI is InChI=1S/C20H15F5N4O5S2/c21-13-14(22)16(24)18(17(25)15(13)23)26-12(30)9-35-20-28-27-19(34-20)10-2-1-3-11(8-10)36(31,32)29-4-6-33-7-5-29/h1-3,8H,4-7,9H2,(H,26,30). The molecule has 1 N–H and O–H groups in total. The fourth-order valence-electron chi connectivity index (χ4n) is 3.13. The number of halogens is 5. The van der Waals surface area contributed by atoms with Gasteiger partial charge in [0.1, 0.15) is 5.69 Å². The Labute approximate surface area is 204 Å². The minimum atomic E-state index is -3.79. The van der Waals surface area contributed by atoms with Gasteiger partial charge in [0, 0.05) is 18.7 Å². The molecule has 0 aliphatic carbocycles. The summed E-state index contributed by atoms with van der Waals surface area (Å²) in [6, 6.07) is 5.75. The molecule has 1 fully saturated rings. The average Bonchev–Trinajstić information content (AvgIpc) is 3.37. The number of carbonyl (C=O) groups excluding carboxylic acids is 1. The lowest BCUT2D eigenvalue weighted by atomic mass is 10.2. The van der Waals surface area contributed by atoms with Crippen molar-refractivity contribution < 1.29 is 44.3 Å². The second kappa shape index (κ2) is 10.5. The summed E-state index contributed by atoms with van der Waals surface area (Å²) in [6.07, 6.45) is 0. The van der Waals surface area contributed by atoms with Crippen LogP contribution in [0.5, 0.6) is 0 Å². The van der Waals surface area contributed by atoms with E-state index >= 15 is 0 Å². The van der Waals surface area contributed by atoms with Crippen LogP contribution in [0.3, 0.4) is 0 Å². The maximum Gasteiger partial charge on any atom is 0.277 e. The lowest BCUT2D eigenvalue weighted by Crippen LogP contribution is -2.40. The topological polar surface area (TPSA) is 115 Å². The summed E-state index contributed by atoms with van der Waals surface area (Å²) < 4.78 is 105. The van der Waals surface area contributed by atoms with E-state index in [1.165, 1.54) is 28.6 Å². The van der Waals surface area contributed by atoms with Crippen LogP contribution in [0.15, 0.2) is 38.8 Å². The monoisotopic (exact) mass is 550 g/mol. The lowest BCUT2D eigenvalue weighted by Gasteiger charge is -2.26. The zero-order valence-corrected chi connectivity index (χ0v) is 19.6. The van der Waals surface area contributed by atoms with Gasteiger partial charge in [-0.15, -0.1) is 10.2 Å². The highest BCUT2D eigenvalue weighted by Crippen LogP contribution is 2.29. The number of carbonyl (C=O) groups is 1. The molecule has 0 bridgehead atoms. The van der Waals surface area contributed by atoms with Crippen LogP contribution >= 0.6 is 11.8 Å². The molecule has 1 aromatic heterocycles. The van der Waals surface area contributed by atoms with Gasteiger partial charge in [-0.05, 0) is 18.2 Å². The van der Waals surface area contributed by atoms with E-state index in [-0.39, 0.29) is 47.9 Å². The third kappa shape index (κ3) is 5.21. The molecular formula is C20H15F5N4O5S2. The molecular weight excluding hydrogens is 535 g/mol. The van der Waals surface area contributed by atoms with E-state index in [0.29, 0.717) is 11.8 Å². The molecule has 1 aliphatic rings. The van der Waals surface area contributed by atoms with Gasteiger partial charge in [-0.2, -0.15) is 4.31 Å². The van der Waals surface area contributed by atoms with Crippen molar-refractivity contribution in [3.63, 3.8) is 0 Å². The molecule has 0 atom stereocenters. The number of benzene rings is 2. The van der Waals surface area contributed by atoms with E-state index in [4.69, 9.17) is 9.15 Å². The number of hydrogen-bond acceptors (Lipinski definition) is 8. The zero-order chi connectivity index (χ0) is 26.0. The van der Waals surface area contributed by atoms with E-state index in [1.807, 2.05) is 0 Å². The van der Waals surface area contributed by atoms with E-state index in [2.05, 4.69) is 10.2 Å². The first-order valence-electron chi connectivity index (χ1n) is 10.1. The molecule has 16 heteroatoms. The van der Waals surface area contributed by atoms with Crippen molar-refractivity contribution in [1.82, 2.24) is 14.5 Å². The molecule has 3 aromatic rings. The second-order valence-corrected chi connectivity index (χ2v) is 10.1. The maximum absolute atomic E-state index is 13.7. The van der Waals surface area contributed by atoms with Gasteiger partial charge in [0.05, 0.1) is 23.9 Å². The van der Waals surface area contributed by atoms with Crippen LogP contribution in [0.2, 0.25) is 0 Å². The summed E-state index contributed by atoms with van der Waals surface area (Å²) in [5.41, 5.74) is -1.21. The molecule has 0 radical (unpaired) electrons. The van der Waals surface area contributed by atoms with Crippen molar-refractivity contribution in [3.8, 4) is 11.5 Å². The van der Waals surface area contributed by atoms with Gasteiger partial charge in [0.15, 0.2) is 23.3 Å². The molecule has 0 spiro atoms. The molecule has 1 saturated heterocycles. The van der Waals surface area contributed by atoms with Gasteiger partial charge < -0.3 is 14.5 Å². The van der Waals surface area contributed by atoms with Crippen molar-refractivity contribution in [2.45, 2.75) is 10.1 Å². The van der Waals surface area contributed by atoms with Crippen LogP contribution in [0.4, 0.5) is 27.6 Å². The number of hydrogen-bond donors (Lipinski definition) is 1. The Bertz CT molecular complexity index is 1380. The highest BCUT2D eigenvalue weighted by molar-refractivity contribution is 7.99. The highest BCUT2D eigenvalue weighted by Gasteiger charge is 2.28. The Morgan fingerprint density at radius 3 is 2.31 bits per heavy atom. The van der Waals surface area contributed by atoms with Crippen LogP contribution in [0, 0.1) is 29.1 Å². The number of thioether (sulfide) groups is 1. The normalized spacial score (nSPS) is 14.7. The first-order valence-corrected chi connectivity index (χ1v) is 12.5. The van der Waals surface area contributed by atoms with E-state index in [9.17, 15) is 35.2 Å². The van der Waals surface area contributed by atoms with Crippen LogP contribution < -0.4 is 5.32 Å². The van der Waals surface area contributed by atoms with Crippen LogP contribution in [-0.4, -0.2) is 60.9 Å². The van der Waals surface area contributed by atoms with E-state index < -0.39 is 56.5 Å². The molecule has 9 nitrogen and oxygen atoms in total. The third-order valence-corrected chi connectivity index (χ3v) is 7.61. The van der Waals surface area contributed by atoms with Gasteiger partial charge in [-0.1, -0.05) is 17.8 Å². The number of amides is 1. The minimum absolute atomic E-state index is 0.00324. The second-order valence-electron chi connectivity index (χ2n) is 7.20. The van der Waals surface area contributed by atoms with Crippen molar-refractivity contribution >= 4 is 33.4 Å². The molecule has 1 amide bonds. The van der Waals surface area contributed by atoms with Crippen molar-refractivity contribution in [3.05, 3.63) is 53.4 Å². The SMILES string of the molecule is O=C(CSc1nnc(-c2cccc(S(=O)(=O)N3CCOCC3)c2)o1)Nc1c(F)c(F)c(F)c(F)c1F. The largest absolute Gasteiger partial charge is 0.411 e. The van der Waals surface area contributed by atoms with E-state index in [1.54, 1.807) is 5.32 Å². The summed E-state index contributed by atoms with van der Waals surface area (Å²) in [4.78, 5) is 12.0. The average molecular weight is 550 g/mol. The molecule has 0 unspecified atom stereocenters. The van der Waals surface area contributed by atoms with Gasteiger partial charge in [-0.3, -0.25) is 4.79 Å². The van der Waals surface area contributed by atoms with Gasteiger partial charge in [0.25, 0.3) is 5.22 Å². The number of rotatable bonds is 7. The summed E-state index contributed by atoms with van der Waals surface area (Å²) >= 11 is 0.620. The Hall–Kier alpha value is -3.08.